The molecular weight excluding hydrogens is 202 g/mol. The van der Waals surface area contributed by atoms with Gasteiger partial charge in [-0.05, 0) is 43.0 Å². The highest BCUT2D eigenvalue weighted by Crippen LogP contribution is 2.29. The van der Waals surface area contributed by atoms with Crippen molar-refractivity contribution >= 4 is 11.6 Å². The summed E-state index contributed by atoms with van der Waals surface area (Å²) in [7, 11) is 1.63. The summed E-state index contributed by atoms with van der Waals surface area (Å²) in [6.07, 6.45) is 4.35. The Morgan fingerprint density at radius 1 is 1.38 bits per heavy atom. The van der Waals surface area contributed by atoms with Gasteiger partial charge in [0.25, 0.3) is 0 Å². The highest BCUT2D eigenvalue weighted by Gasteiger charge is 2.20. The summed E-state index contributed by atoms with van der Waals surface area (Å²) in [5.74, 6) is 1.53. The average molecular weight is 219 g/mol. The predicted molar refractivity (Wildman–Crippen MR) is 63.6 cm³/mol. The summed E-state index contributed by atoms with van der Waals surface area (Å²) in [6, 6.07) is 7.41. The molecular formula is C13H17NO2. The second-order valence-corrected chi connectivity index (χ2v) is 4.28. The molecule has 0 aromatic heterocycles. The third-order valence-electron chi connectivity index (χ3n) is 3.07. The van der Waals surface area contributed by atoms with Crippen molar-refractivity contribution in [2.75, 3.05) is 12.4 Å². The van der Waals surface area contributed by atoms with Gasteiger partial charge in [0.1, 0.15) is 5.75 Å². The summed E-state index contributed by atoms with van der Waals surface area (Å²) in [6.45, 7) is 0. The van der Waals surface area contributed by atoms with Crippen molar-refractivity contribution in [1.29, 1.82) is 0 Å². The van der Waals surface area contributed by atoms with Crippen LogP contribution in [-0.2, 0) is 4.79 Å². The van der Waals surface area contributed by atoms with E-state index >= 15 is 0 Å². The summed E-state index contributed by atoms with van der Waals surface area (Å²) < 4.78 is 5.05. The molecule has 1 amide bonds. The van der Waals surface area contributed by atoms with Gasteiger partial charge in [-0.15, -0.1) is 0 Å². The average Bonchev–Trinajstić information content (AvgIpc) is 2.25. The van der Waals surface area contributed by atoms with Gasteiger partial charge in [0.2, 0.25) is 5.91 Å². The Balaban J connectivity index is 1.84. The first-order valence-corrected chi connectivity index (χ1v) is 5.72. The van der Waals surface area contributed by atoms with Crippen LogP contribution in [-0.4, -0.2) is 13.0 Å². The van der Waals surface area contributed by atoms with Gasteiger partial charge >= 0.3 is 0 Å². The molecule has 1 aliphatic carbocycles. The first-order valence-electron chi connectivity index (χ1n) is 5.72. The fourth-order valence-electron chi connectivity index (χ4n) is 1.85. The van der Waals surface area contributed by atoms with Crippen molar-refractivity contribution in [3.05, 3.63) is 24.3 Å². The molecule has 1 aliphatic rings. The molecule has 0 aliphatic heterocycles. The maximum Gasteiger partial charge on any atom is 0.224 e. The SMILES string of the molecule is COc1ccc(NC(=O)CC2CCC2)cc1. The van der Waals surface area contributed by atoms with Gasteiger partial charge in [0.15, 0.2) is 0 Å². The lowest BCUT2D eigenvalue weighted by Crippen LogP contribution is -2.20. The molecule has 0 unspecified atom stereocenters. The molecule has 0 bridgehead atoms. The fraction of sp³-hybridized carbons (Fsp3) is 0.462. The predicted octanol–water partition coefficient (Wildman–Crippen LogP) is 2.82. The molecule has 3 nitrogen and oxygen atoms in total. The zero-order valence-electron chi connectivity index (χ0n) is 9.53. The van der Waals surface area contributed by atoms with E-state index in [0.29, 0.717) is 12.3 Å². The molecule has 0 heterocycles. The molecule has 1 fully saturated rings. The largest absolute Gasteiger partial charge is 0.497 e. The first kappa shape index (κ1) is 11.0. The van der Waals surface area contributed by atoms with E-state index in [9.17, 15) is 4.79 Å². The van der Waals surface area contributed by atoms with Crippen LogP contribution in [0.1, 0.15) is 25.7 Å². The van der Waals surface area contributed by atoms with Gasteiger partial charge in [-0.2, -0.15) is 0 Å². The van der Waals surface area contributed by atoms with Crippen molar-refractivity contribution < 1.29 is 9.53 Å². The maximum absolute atomic E-state index is 11.6. The molecule has 0 spiro atoms. The number of anilines is 1. The molecule has 1 N–H and O–H groups in total. The van der Waals surface area contributed by atoms with E-state index in [2.05, 4.69) is 5.32 Å². The van der Waals surface area contributed by atoms with Crippen molar-refractivity contribution in [2.24, 2.45) is 5.92 Å². The zero-order chi connectivity index (χ0) is 11.4. The second kappa shape index (κ2) is 5.01. The number of methoxy groups -OCH3 is 1. The minimum absolute atomic E-state index is 0.120. The quantitative estimate of drug-likeness (QED) is 0.845. The van der Waals surface area contributed by atoms with Crippen LogP contribution < -0.4 is 10.1 Å². The van der Waals surface area contributed by atoms with Crippen LogP contribution in [0.25, 0.3) is 0 Å². The Morgan fingerprint density at radius 3 is 2.56 bits per heavy atom. The molecule has 2 rings (SSSR count). The smallest absolute Gasteiger partial charge is 0.224 e. The molecule has 0 atom stereocenters. The number of hydrogen-bond acceptors (Lipinski definition) is 2. The van der Waals surface area contributed by atoms with Crippen LogP contribution in [0.2, 0.25) is 0 Å². The molecule has 1 saturated carbocycles. The first-order chi connectivity index (χ1) is 7.78. The number of hydrogen-bond donors (Lipinski definition) is 1. The Labute approximate surface area is 95.8 Å². The second-order valence-electron chi connectivity index (χ2n) is 4.28. The van der Waals surface area contributed by atoms with Crippen molar-refractivity contribution in [2.45, 2.75) is 25.7 Å². The van der Waals surface area contributed by atoms with E-state index in [0.717, 1.165) is 11.4 Å². The summed E-state index contributed by atoms with van der Waals surface area (Å²) in [4.78, 5) is 11.6. The van der Waals surface area contributed by atoms with Gasteiger partial charge < -0.3 is 10.1 Å². The van der Waals surface area contributed by atoms with Gasteiger partial charge in [-0.25, -0.2) is 0 Å². The number of carbonyl (C=O) groups excluding carboxylic acids is 1. The number of rotatable bonds is 4. The summed E-state index contributed by atoms with van der Waals surface area (Å²) >= 11 is 0. The van der Waals surface area contributed by atoms with Crippen LogP contribution in [0.15, 0.2) is 24.3 Å². The minimum Gasteiger partial charge on any atom is -0.497 e. The maximum atomic E-state index is 11.6. The standard InChI is InChI=1S/C13H17NO2/c1-16-12-7-5-11(6-8-12)14-13(15)9-10-3-2-4-10/h5-8,10H,2-4,9H2,1H3,(H,14,15). The minimum atomic E-state index is 0.120. The lowest BCUT2D eigenvalue weighted by Gasteiger charge is -2.24. The van der Waals surface area contributed by atoms with E-state index < -0.39 is 0 Å². The van der Waals surface area contributed by atoms with E-state index in [1.54, 1.807) is 7.11 Å². The lowest BCUT2D eigenvalue weighted by molar-refractivity contribution is -0.117. The van der Waals surface area contributed by atoms with Crippen molar-refractivity contribution in [1.82, 2.24) is 0 Å². The zero-order valence-corrected chi connectivity index (χ0v) is 9.53. The fourth-order valence-corrected chi connectivity index (χ4v) is 1.85. The topological polar surface area (TPSA) is 38.3 Å². The normalized spacial score (nSPS) is 15.3. The van der Waals surface area contributed by atoms with Crippen molar-refractivity contribution in [3.8, 4) is 5.75 Å². The van der Waals surface area contributed by atoms with Crippen LogP contribution in [0, 0.1) is 5.92 Å². The Bertz CT molecular complexity index is 355. The van der Waals surface area contributed by atoms with Gasteiger partial charge in [0, 0.05) is 12.1 Å². The summed E-state index contributed by atoms with van der Waals surface area (Å²) in [5.41, 5.74) is 0.838. The van der Waals surface area contributed by atoms with Crippen LogP contribution in [0.4, 0.5) is 5.69 Å². The molecule has 1 aromatic rings. The van der Waals surface area contributed by atoms with Crippen LogP contribution in [0.5, 0.6) is 5.75 Å². The molecule has 0 radical (unpaired) electrons. The van der Waals surface area contributed by atoms with Gasteiger partial charge in [0.05, 0.1) is 7.11 Å². The van der Waals surface area contributed by atoms with E-state index in [-0.39, 0.29) is 5.91 Å². The van der Waals surface area contributed by atoms with E-state index in [1.807, 2.05) is 24.3 Å². The number of amides is 1. The molecule has 3 heteroatoms. The van der Waals surface area contributed by atoms with Crippen LogP contribution >= 0.6 is 0 Å². The van der Waals surface area contributed by atoms with Gasteiger partial charge in [-0.3, -0.25) is 4.79 Å². The highest BCUT2D eigenvalue weighted by atomic mass is 16.5. The van der Waals surface area contributed by atoms with Crippen LogP contribution in [0.3, 0.4) is 0 Å². The van der Waals surface area contributed by atoms with E-state index in [4.69, 9.17) is 4.74 Å². The molecule has 86 valence electrons. The highest BCUT2D eigenvalue weighted by molar-refractivity contribution is 5.90. The number of ether oxygens (including phenoxy) is 1. The molecule has 16 heavy (non-hydrogen) atoms. The van der Waals surface area contributed by atoms with Gasteiger partial charge in [-0.1, -0.05) is 6.42 Å². The number of benzene rings is 1. The Hall–Kier alpha value is -1.51. The summed E-state index contributed by atoms with van der Waals surface area (Å²) in [5, 5.41) is 2.90. The number of nitrogens with one attached hydrogen (secondary N) is 1. The third kappa shape index (κ3) is 2.75. The lowest BCUT2D eigenvalue weighted by atomic mass is 9.83. The molecule has 1 aromatic carbocycles. The molecule has 0 saturated heterocycles. The number of carbonyl (C=O) groups is 1. The van der Waals surface area contributed by atoms with Crippen molar-refractivity contribution in [3.63, 3.8) is 0 Å². The monoisotopic (exact) mass is 219 g/mol. The Morgan fingerprint density at radius 2 is 2.06 bits per heavy atom. The Kier molecular flexibility index (Phi) is 3.44. The van der Waals surface area contributed by atoms with E-state index in [1.165, 1.54) is 19.3 Å². The third-order valence-corrected chi connectivity index (χ3v) is 3.07.